The molecule has 3 aromatic carbocycles. The van der Waals surface area contributed by atoms with Crippen molar-refractivity contribution < 1.29 is 8.42 Å². The van der Waals surface area contributed by atoms with Gasteiger partial charge in [0.05, 0.1) is 4.90 Å². The molecule has 0 N–H and O–H groups in total. The van der Waals surface area contributed by atoms with Crippen LogP contribution in [-0.2, 0) is 10.0 Å². The fourth-order valence-electron chi connectivity index (χ4n) is 3.90. The fourth-order valence-corrected chi connectivity index (χ4v) is 5.34. The molecule has 1 aliphatic rings. The van der Waals surface area contributed by atoms with E-state index in [1.807, 2.05) is 19.1 Å². The normalized spacial score (nSPS) is 14.7. The van der Waals surface area contributed by atoms with Gasteiger partial charge in [-0.1, -0.05) is 83.4 Å². The van der Waals surface area contributed by atoms with Crippen LogP contribution in [0.4, 0.5) is 0 Å². The lowest BCUT2D eigenvalue weighted by Crippen LogP contribution is -2.35. The molecule has 3 nitrogen and oxygen atoms in total. The summed E-state index contributed by atoms with van der Waals surface area (Å²) in [4.78, 5) is 0.352. The van der Waals surface area contributed by atoms with Crippen LogP contribution < -0.4 is 0 Å². The second kappa shape index (κ2) is 9.27. The molecule has 0 saturated carbocycles. The van der Waals surface area contributed by atoms with Crippen molar-refractivity contribution in [2.45, 2.75) is 32.1 Å². The van der Waals surface area contributed by atoms with Gasteiger partial charge in [-0.25, -0.2) is 8.42 Å². The largest absolute Gasteiger partial charge is 0.243 e. The summed E-state index contributed by atoms with van der Waals surface area (Å²) in [6.07, 6.45) is 5.00. The highest BCUT2D eigenvalue weighted by Crippen LogP contribution is 2.28. The van der Waals surface area contributed by atoms with Gasteiger partial charge < -0.3 is 0 Å². The van der Waals surface area contributed by atoms with Crippen molar-refractivity contribution in [1.82, 2.24) is 4.31 Å². The third-order valence-electron chi connectivity index (χ3n) is 5.86. The summed E-state index contributed by atoms with van der Waals surface area (Å²) in [5, 5.41) is 0. The van der Waals surface area contributed by atoms with Crippen LogP contribution in [0.15, 0.2) is 95.4 Å². The Morgan fingerprint density at radius 2 is 1.22 bits per heavy atom. The summed E-state index contributed by atoms with van der Waals surface area (Å²) in [5.74, 6) is 0. The van der Waals surface area contributed by atoms with E-state index in [0.29, 0.717) is 24.4 Å². The molecule has 0 fully saturated rings. The number of benzene rings is 3. The first kappa shape index (κ1) is 22.3. The molecule has 0 spiro atoms. The molecule has 0 amide bonds. The van der Waals surface area contributed by atoms with Crippen LogP contribution >= 0.6 is 0 Å². The van der Waals surface area contributed by atoms with Crippen LogP contribution in [-0.4, -0.2) is 25.8 Å². The van der Waals surface area contributed by atoms with Crippen LogP contribution in [0, 0.1) is 20.8 Å². The predicted octanol–water partition coefficient (Wildman–Crippen LogP) is 6.06. The van der Waals surface area contributed by atoms with Gasteiger partial charge in [-0.05, 0) is 67.7 Å². The molecule has 0 bridgehead atoms. The Morgan fingerprint density at radius 1 is 0.750 bits per heavy atom. The zero-order chi connectivity index (χ0) is 22.7. The Labute approximate surface area is 191 Å². The van der Waals surface area contributed by atoms with Crippen LogP contribution in [0.25, 0.3) is 5.57 Å². The van der Waals surface area contributed by atoms with E-state index in [2.05, 4.69) is 74.5 Å². The number of nitrogens with zero attached hydrogens (tertiary/aromatic N) is 1. The summed E-state index contributed by atoms with van der Waals surface area (Å²) < 4.78 is 28.0. The fraction of sp³-hybridized carbons (Fsp3) is 0.214. The van der Waals surface area contributed by atoms with Gasteiger partial charge in [-0.15, -0.1) is 0 Å². The first-order valence-corrected chi connectivity index (χ1v) is 12.4. The Bertz CT molecular complexity index is 1200. The highest BCUT2D eigenvalue weighted by molar-refractivity contribution is 7.89. The zero-order valence-corrected chi connectivity index (χ0v) is 19.7. The third-order valence-corrected chi connectivity index (χ3v) is 7.72. The standard InChI is InChI=1S/C28H29NO2S/c1-21-6-12-25(13-7-21)28(26-14-8-22(2)9-15-26)19-24-5-4-18-29(20-24)32(30,31)27-16-10-23(3)11-17-27/h5-17,19H,4,18,20H2,1-3H3. The maximum absolute atomic E-state index is 13.2. The summed E-state index contributed by atoms with van der Waals surface area (Å²) in [6, 6.07) is 24.1. The van der Waals surface area contributed by atoms with E-state index in [1.165, 1.54) is 11.1 Å². The minimum atomic E-state index is -3.52. The van der Waals surface area contributed by atoms with Gasteiger partial charge in [0.2, 0.25) is 10.0 Å². The third kappa shape index (κ3) is 4.93. The predicted molar refractivity (Wildman–Crippen MR) is 132 cm³/mol. The molecule has 1 heterocycles. The maximum atomic E-state index is 13.2. The maximum Gasteiger partial charge on any atom is 0.243 e. The Kier molecular flexibility index (Phi) is 6.45. The van der Waals surface area contributed by atoms with Crippen molar-refractivity contribution in [2.75, 3.05) is 13.1 Å². The summed E-state index contributed by atoms with van der Waals surface area (Å²) in [7, 11) is -3.52. The van der Waals surface area contributed by atoms with Gasteiger partial charge in [0.15, 0.2) is 0 Å². The second-order valence-corrected chi connectivity index (χ2v) is 10.4. The molecular formula is C28H29NO2S. The highest BCUT2D eigenvalue weighted by Gasteiger charge is 2.26. The first-order chi connectivity index (χ1) is 15.3. The average molecular weight is 444 g/mol. The number of hydrogen-bond donors (Lipinski definition) is 0. The monoisotopic (exact) mass is 443 g/mol. The Hall–Kier alpha value is -2.95. The van der Waals surface area contributed by atoms with E-state index < -0.39 is 10.0 Å². The molecule has 1 aliphatic heterocycles. The first-order valence-electron chi connectivity index (χ1n) is 10.9. The van der Waals surface area contributed by atoms with Crippen molar-refractivity contribution in [2.24, 2.45) is 0 Å². The van der Waals surface area contributed by atoms with Crippen LogP contribution in [0.5, 0.6) is 0 Å². The Morgan fingerprint density at radius 3 is 1.72 bits per heavy atom. The smallest absolute Gasteiger partial charge is 0.207 e. The molecule has 0 saturated heterocycles. The van der Waals surface area contributed by atoms with E-state index in [0.717, 1.165) is 27.8 Å². The average Bonchev–Trinajstić information content (AvgIpc) is 2.79. The molecular weight excluding hydrogens is 414 g/mol. The Balaban J connectivity index is 1.68. The van der Waals surface area contributed by atoms with Gasteiger partial charge in [0.25, 0.3) is 0 Å². The van der Waals surface area contributed by atoms with E-state index in [1.54, 1.807) is 16.4 Å². The van der Waals surface area contributed by atoms with Crippen molar-refractivity contribution >= 4 is 15.6 Å². The molecule has 0 radical (unpaired) electrons. The van der Waals surface area contributed by atoms with Gasteiger partial charge in [0.1, 0.15) is 0 Å². The van der Waals surface area contributed by atoms with E-state index in [4.69, 9.17) is 0 Å². The highest BCUT2D eigenvalue weighted by atomic mass is 32.2. The minimum Gasteiger partial charge on any atom is -0.207 e. The molecule has 0 aromatic heterocycles. The SMILES string of the molecule is Cc1ccc(C(=CC2=CCCN(S(=O)(=O)c3ccc(C)cc3)C2)c2ccc(C)cc2)cc1. The molecule has 32 heavy (non-hydrogen) atoms. The number of hydrogen-bond acceptors (Lipinski definition) is 2. The number of rotatable bonds is 5. The zero-order valence-electron chi connectivity index (χ0n) is 18.9. The summed E-state index contributed by atoms with van der Waals surface area (Å²) in [5.41, 5.74) is 7.84. The molecule has 0 atom stereocenters. The van der Waals surface area contributed by atoms with Gasteiger partial charge >= 0.3 is 0 Å². The summed E-state index contributed by atoms with van der Waals surface area (Å²) >= 11 is 0. The second-order valence-electron chi connectivity index (χ2n) is 8.51. The molecule has 164 valence electrons. The topological polar surface area (TPSA) is 37.4 Å². The summed E-state index contributed by atoms with van der Waals surface area (Å²) in [6.45, 7) is 6.99. The lowest BCUT2D eigenvalue weighted by Gasteiger charge is -2.26. The van der Waals surface area contributed by atoms with Crippen molar-refractivity contribution in [3.05, 3.63) is 118 Å². The van der Waals surface area contributed by atoms with Gasteiger partial charge in [-0.2, -0.15) is 4.31 Å². The van der Waals surface area contributed by atoms with E-state index >= 15 is 0 Å². The quantitative estimate of drug-likeness (QED) is 0.480. The van der Waals surface area contributed by atoms with Crippen LogP contribution in [0.3, 0.4) is 0 Å². The van der Waals surface area contributed by atoms with Gasteiger partial charge in [-0.3, -0.25) is 0 Å². The van der Waals surface area contributed by atoms with Crippen LogP contribution in [0.1, 0.15) is 34.2 Å². The molecule has 3 aromatic rings. The van der Waals surface area contributed by atoms with Crippen molar-refractivity contribution in [1.29, 1.82) is 0 Å². The van der Waals surface area contributed by atoms with Crippen molar-refractivity contribution in [3.63, 3.8) is 0 Å². The minimum absolute atomic E-state index is 0.352. The molecule has 4 rings (SSSR count). The molecule has 0 aliphatic carbocycles. The lowest BCUT2D eigenvalue weighted by atomic mass is 9.94. The number of sulfonamides is 1. The van der Waals surface area contributed by atoms with E-state index in [-0.39, 0.29) is 0 Å². The lowest BCUT2D eigenvalue weighted by molar-refractivity contribution is 0.431. The van der Waals surface area contributed by atoms with Crippen molar-refractivity contribution in [3.8, 4) is 0 Å². The molecule has 0 unspecified atom stereocenters. The number of aryl methyl sites for hydroxylation is 3. The van der Waals surface area contributed by atoms with Crippen LogP contribution in [0.2, 0.25) is 0 Å². The van der Waals surface area contributed by atoms with E-state index in [9.17, 15) is 8.42 Å². The molecule has 4 heteroatoms. The van der Waals surface area contributed by atoms with Gasteiger partial charge in [0, 0.05) is 13.1 Å².